The minimum absolute atomic E-state index is 0.0149. The van der Waals surface area contributed by atoms with Gasteiger partial charge in [0.1, 0.15) is 5.82 Å². The molecule has 0 unspecified atom stereocenters. The number of benzene rings is 1. The molecule has 132 valence electrons. The highest BCUT2D eigenvalue weighted by Crippen LogP contribution is 2.17. The summed E-state index contributed by atoms with van der Waals surface area (Å²) >= 11 is 0. The van der Waals surface area contributed by atoms with Crippen LogP contribution in [0.1, 0.15) is 37.7 Å². The number of amides is 1. The highest BCUT2D eigenvalue weighted by atomic mass is 19.1. The number of guanidine groups is 1. The van der Waals surface area contributed by atoms with Gasteiger partial charge in [-0.3, -0.25) is 9.79 Å². The Kier molecular flexibility index (Phi) is 7.52. The zero-order chi connectivity index (χ0) is 17.2. The highest BCUT2D eigenvalue weighted by molar-refractivity contribution is 5.86. The molecule has 1 aromatic carbocycles. The minimum atomic E-state index is -0.200. The van der Waals surface area contributed by atoms with E-state index in [0.29, 0.717) is 30.5 Å². The number of nitrogens with one attached hydrogen (secondary N) is 3. The Morgan fingerprint density at radius 3 is 2.67 bits per heavy atom. The van der Waals surface area contributed by atoms with Gasteiger partial charge in [-0.15, -0.1) is 0 Å². The van der Waals surface area contributed by atoms with Crippen LogP contribution in [0.15, 0.2) is 29.3 Å². The summed E-state index contributed by atoms with van der Waals surface area (Å²) in [7, 11) is 1.65. The third kappa shape index (κ3) is 6.18. The fraction of sp³-hybridized carbons (Fsp3) is 0.556. The zero-order valence-electron chi connectivity index (χ0n) is 14.3. The smallest absolute Gasteiger partial charge is 0.239 e. The van der Waals surface area contributed by atoms with E-state index in [4.69, 9.17) is 0 Å². The lowest BCUT2D eigenvalue weighted by molar-refractivity contribution is -0.120. The molecule has 0 bridgehead atoms. The van der Waals surface area contributed by atoms with Crippen molar-refractivity contribution >= 4 is 11.9 Å². The summed E-state index contributed by atoms with van der Waals surface area (Å²) < 4.78 is 13.5. The number of hydrogen-bond donors (Lipinski definition) is 3. The summed E-state index contributed by atoms with van der Waals surface area (Å²) in [6.45, 7) is 0.737. The largest absolute Gasteiger partial charge is 0.356 e. The average Bonchev–Trinajstić information content (AvgIpc) is 2.60. The van der Waals surface area contributed by atoms with E-state index in [9.17, 15) is 9.18 Å². The Morgan fingerprint density at radius 2 is 1.96 bits per heavy atom. The Balaban J connectivity index is 1.66. The third-order valence-electron chi connectivity index (χ3n) is 4.25. The summed E-state index contributed by atoms with van der Waals surface area (Å²) in [6, 6.07) is 7.03. The fourth-order valence-electron chi connectivity index (χ4n) is 2.93. The van der Waals surface area contributed by atoms with Crippen LogP contribution in [0.5, 0.6) is 0 Å². The van der Waals surface area contributed by atoms with E-state index in [-0.39, 0.29) is 18.3 Å². The maximum atomic E-state index is 13.5. The number of aliphatic imine (C=N–C) groups is 1. The molecule has 0 aromatic heterocycles. The summed E-state index contributed by atoms with van der Waals surface area (Å²) in [4.78, 5) is 16.0. The van der Waals surface area contributed by atoms with E-state index < -0.39 is 0 Å². The first kappa shape index (κ1) is 18.2. The molecule has 0 heterocycles. The van der Waals surface area contributed by atoms with Gasteiger partial charge in [-0.25, -0.2) is 4.39 Å². The quantitative estimate of drug-likeness (QED) is 0.550. The van der Waals surface area contributed by atoms with Gasteiger partial charge in [-0.1, -0.05) is 37.5 Å². The average molecular weight is 334 g/mol. The first-order chi connectivity index (χ1) is 11.7. The molecule has 24 heavy (non-hydrogen) atoms. The molecule has 1 aliphatic rings. The van der Waals surface area contributed by atoms with E-state index in [1.807, 2.05) is 6.07 Å². The van der Waals surface area contributed by atoms with Crippen molar-refractivity contribution in [3.05, 3.63) is 35.6 Å². The highest BCUT2D eigenvalue weighted by Gasteiger charge is 2.15. The molecule has 0 radical (unpaired) electrons. The first-order valence-electron chi connectivity index (χ1n) is 8.66. The fourth-order valence-corrected chi connectivity index (χ4v) is 2.93. The molecule has 5 nitrogen and oxygen atoms in total. The van der Waals surface area contributed by atoms with E-state index in [2.05, 4.69) is 20.9 Å². The number of nitrogens with zero attached hydrogens (tertiary/aromatic N) is 1. The van der Waals surface area contributed by atoms with Crippen molar-refractivity contribution in [1.82, 2.24) is 16.0 Å². The number of hydrogen-bond acceptors (Lipinski definition) is 2. The van der Waals surface area contributed by atoms with Crippen LogP contribution in [-0.4, -0.2) is 38.0 Å². The van der Waals surface area contributed by atoms with Crippen LogP contribution in [0.4, 0.5) is 4.39 Å². The van der Waals surface area contributed by atoms with Gasteiger partial charge in [0.05, 0.1) is 6.54 Å². The van der Waals surface area contributed by atoms with Crippen LogP contribution in [0.2, 0.25) is 0 Å². The van der Waals surface area contributed by atoms with Crippen molar-refractivity contribution in [2.24, 2.45) is 4.99 Å². The van der Waals surface area contributed by atoms with Gasteiger partial charge in [0, 0.05) is 19.6 Å². The molecular weight excluding hydrogens is 307 g/mol. The second-order valence-electron chi connectivity index (χ2n) is 6.10. The molecule has 2 rings (SSSR count). The lowest BCUT2D eigenvalue weighted by Gasteiger charge is -2.23. The SMILES string of the molecule is CN=C(NCCc1ccccc1F)NCC(=O)NC1CCCCC1. The Labute approximate surface area is 143 Å². The topological polar surface area (TPSA) is 65.5 Å². The molecule has 0 atom stereocenters. The molecule has 1 saturated carbocycles. The summed E-state index contributed by atoms with van der Waals surface area (Å²) in [5.41, 5.74) is 0.662. The molecule has 0 saturated heterocycles. The van der Waals surface area contributed by atoms with E-state index in [1.165, 1.54) is 25.3 Å². The summed E-state index contributed by atoms with van der Waals surface area (Å²) in [5.74, 6) is 0.332. The predicted octanol–water partition coefficient (Wildman–Crippen LogP) is 1.98. The van der Waals surface area contributed by atoms with E-state index in [0.717, 1.165) is 12.8 Å². The van der Waals surface area contributed by atoms with E-state index in [1.54, 1.807) is 19.2 Å². The van der Waals surface area contributed by atoms with Crippen LogP contribution in [0, 0.1) is 5.82 Å². The molecule has 1 aliphatic carbocycles. The molecule has 6 heteroatoms. The van der Waals surface area contributed by atoms with Gasteiger partial charge in [0.2, 0.25) is 5.91 Å². The molecule has 3 N–H and O–H groups in total. The summed E-state index contributed by atoms with van der Waals surface area (Å²) in [6.07, 6.45) is 6.35. The molecule has 1 amide bonds. The number of halogens is 1. The lowest BCUT2D eigenvalue weighted by Crippen LogP contribution is -2.46. The maximum absolute atomic E-state index is 13.5. The van der Waals surface area contributed by atoms with Crippen molar-refractivity contribution in [1.29, 1.82) is 0 Å². The van der Waals surface area contributed by atoms with Gasteiger partial charge in [-0.05, 0) is 30.9 Å². The zero-order valence-corrected chi connectivity index (χ0v) is 14.3. The molecule has 1 aromatic rings. The molecule has 0 aliphatic heterocycles. The van der Waals surface area contributed by atoms with Gasteiger partial charge in [0.25, 0.3) is 0 Å². The van der Waals surface area contributed by atoms with E-state index >= 15 is 0 Å². The Morgan fingerprint density at radius 1 is 1.21 bits per heavy atom. The van der Waals surface area contributed by atoms with Gasteiger partial charge >= 0.3 is 0 Å². The second kappa shape index (κ2) is 9.90. The van der Waals surface area contributed by atoms with Crippen LogP contribution >= 0.6 is 0 Å². The van der Waals surface area contributed by atoms with Crippen molar-refractivity contribution < 1.29 is 9.18 Å². The first-order valence-corrected chi connectivity index (χ1v) is 8.66. The second-order valence-corrected chi connectivity index (χ2v) is 6.10. The normalized spacial score (nSPS) is 15.8. The standard InChI is InChI=1S/C18H27FN4O/c1-20-18(21-12-11-14-7-5-6-10-16(14)19)22-13-17(24)23-15-8-3-2-4-9-15/h5-7,10,15H,2-4,8-9,11-13H2,1H3,(H,23,24)(H2,20,21,22). The number of carbonyl (C=O) groups is 1. The lowest BCUT2D eigenvalue weighted by atomic mass is 9.95. The monoisotopic (exact) mass is 334 g/mol. The molecule has 1 fully saturated rings. The predicted molar refractivity (Wildman–Crippen MR) is 94.5 cm³/mol. The van der Waals surface area contributed by atoms with Gasteiger partial charge in [-0.2, -0.15) is 0 Å². The van der Waals surface area contributed by atoms with Crippen LogP contribution in [0.3, 0.4) is 0 Å². The van der Waals surface area contributed by atoms with Crippen LogP contribution < -0.4 is 16.0 Å². The Bertz CT molecular complexity index is 556. The Hall–Kier alpha value is -2.11. The number of carbonyl (C=O) groups excluding carboxylic acids is 1. The van der Waals surface area contributed by atoms with Crippen LogP contribution in [0.25, 0.3) is 0 Å². The third-order valence-corrected chi connectivity index (χ3v) is 4.25. The molecular formula is C18H27FN4O. The maximum Gasteiger partial charge on any atom is 0.239 e. The van der Waals surface area contributed by atoms with Crippen molar-refractivity contribution in [3.63, 3.8) is 0 Å². The molecule has 0 spiro atoms. The van der Waals surface area contributed by atoms with Crippen molar-refractivity contribution in [2.75, 3.05) is 20.1 Å². The number of rotatable bonds is 6. The minimum Gasteiger partial charge on any atom is -0.356 e. The summed E-state index contributed by atoms with van der Waals surface area (Å²) in [5, 5.41) is 9.14. The van der Waals surface area contributed by atoms with Crippen molar-refractivity contribution in [3.8, 4) is 0 Å². The van der Waals surface area contributed by atoms with Crippen LogP contribution in [-0.2, 0) is 11.2 Å². The van der Waals surface area contributed by atoms with Crippen molar-refractivity contribution in [2.45, 2.75) is 44.6 Å². The van der Waals surface area contributed by atoms with Gasteiger partial charge in [0.15, 0.2) is 5.96 Å². The van der Waals surface area contributed by atoms with Gasteiger partial charge < -0.3 is 16.0 Å².